The lowest BCUT2D eigenvalue weighted by atomic mass is 10.1. The monoisotopic (exact) mass is 397 g/mol. The van der Waals surface area contributed by atoms with Gasteiger partial charge >= 0.3 is 0 Å². The van der Waals surface area contributed by atoms with Crippen molar-refractivity contribution in [2.24, 2.45) is 5.73 Å². The maximum absolute atomic E-state index is 12.2. The molecular formula is C20H29Cl2N3O. The molecule has 0 bridgehead atoms. The van der Waals surface area contributed by atoms with Gasteiger partial charge in [0.1, 0.15) is 6.04 Å². The molecule has 4 nitrogen and oxygen atoms in total. The summed E-state index contributed by atoms with van der Waals surface area (Å²) in [5.41, 5.74) is 9.18. The number of benzene rings is 2. The zero-order valence-corrected chi connectivity index (χ0v) is 17.0. The molecule has 0 saturated carbocycles. The Bertz CT molecular complexity index is 631. The molecule has 3 N–H and O–H groups in total. The SMILES string of the molecule is CCN(CC)Cc1ccc(CNC(=O)C(N)c2ccccc2)cc1.Cl.Cl. The van der Waals surface area contributed by atoms with E-state index >= 15 is 0 Å². The molecule has 2 aromatic carbocycles. The number of rotatable bonds is 8. The minimum Gasteiger partial charge on any atom is -0.350 e. The zero-order valence-electron chi connectivity index (χ0n) is 15.4. The van der Waals surface area contributed by atoms with E-state index in [-0.39, 0.29) is 30.7 Å². The van der Waals surface area contributed by atoms with Crippen LogP contribution in [0.25, 0.3) is 0 Å². The molecule has 0 aliphatic carbocycles. The van der Waals surface area contributed by atoms with Crippen LogP contribution in [0, 0.1) is 0 Å². The minimum atomic E-state index is -0.631. The Morgan fingerprint density at radius 1 is 0.962 bits per heavy atom. The Kier molecular flexibility index (Phi) is 11.9. The van der Waals surface area contributed by atoms with E-state index in [0.717, 1.165) is 30.8 Å². The smallest absolute Gasteiger partial charge is 0.241 e. The lowest BCUT2D eigenvalue weighted by Gasteiger charge is -2.18. The van der Waals surface area contributed by atoms with E-state index in [1.807, 2.05) is 30.3 Å². The fourth-order valence-corrected chi connectivity index (χ4v) is 2.58. The van der Waals surface area contributed by atoms with Gasteiger partial charge in [0.2, 0.25) is 5.91 Å². The van der Waals surface area contributed by atoms with Gasteiger partial charge in [-0.3, -0.25) is 9.69 Å². The van der Waals surface area contributed by atoms with Crippen LogP contribution >= 0.6 is 24.8 Å². The van der Waals surface area contributed by atoms with Gasteiger partial charge in [-0.25, -0.2) is 0 Å². The summed E-state index contributed by atoms with van der Waals surface area (Å²) in [6, 6.07) is 17.2. The van der Waals surface area contributed by atoms with Gasteiger partial charge in [0, 0.05) is 13.1 Å². The van der Waals surface area contributed by atoms with Crippen molar-refractivity contribution in [3.63, 3.8) is 0 Å². The van der Waals surface area contributed by atoms with Crippen LogP contribution in [-0.4, -0.2) is 23.9 Å². The van der Waals surface area contributed by atoms with Crippen LogP contribution in [0.5, 0.6) is 0 Å². The highest BCUT2D eigenvalue weighted by atomic mass is 35.5. The first-order valence-electron chi connectivity index (χ1n) is 8.52. The highest BCUT2D eigenvalue weighted by molar-refractivity contribution is 5.85. The molecule has 0 aromatic heterocycles. The van der Waals surface area contributed by atoms with Crippen molar-refractivity contribution in [2.45, 2.75) is 33.0 Å². The van der Waals surface area contributed by atoms with E-state index in [1.165, 1.54) is 5.56 Å². The number of hydrogen-bond donors (Lipinski definition) is 2. The second-order valence-corrected chi connectivity index (χ2v) is 5.88. The van der Waals surface area contributed by atoms with E-state index in [2.05, 4.69) is 48.3 Å². The average Bonchev–Trinajstić information content (AvgIpc) is 2.65. The third kappa shape index (κ3) is 7.34. The summed E-state index contributed by atoms with van der Waals surface area (Å²) in [7, 11) is 0. The molecule has 1 amide bonds. The van der Waals surface area contributed by atoms with Gasteiger partial charge in [-0.2, -0.15) is 0 Å². The van der Waals surface area contributed by atoms with Crippen LogP contribution < -0.4 is 11.1 Å². The molecular weight excluding hydrogens is 369 g/mol. The number of nitrogens with two attached hydrogens (primary N) is 1. The van der Waals surface area contributed by atoms with Crippen LogP contribution in [0.1, 0.15) is 36.6 Å². The molecule has 144 valence electrons. The third-order valence-corrected chi connectivity index (χ3v) is 4.23. The molecule has 0 spiro atoms. The Hall–Kier alpha value is -1.59. The van der Waals surface area contributed by atoms with Gasteiger partial charge in [0.25, 0.3) is 0 Å². The molecule has 6 heteroatoms. The van der Waals surface area contributed by atoms with E-state index in [4.69, 9.17) is 5.73 Å². The summed E-state index contributed by atoms with van der Waals surface area (Å²) in [5, 5.41) is 2.91. The normalized spacial score (nSPS) is 11.2. The maximum atomic E-state index is 12.2. The number of halogens is 2. The van der Waals surface area contributed by atoms with Crippen LogP contribution in [0.15, 0.2) is 54.6 Å². The fraction of sp³-hybridized carbons (Fsp3) is 0.350. The molecule has 0 aliphatic rings. The molecule has 0 radical (unpaired) electrons. The van der Waals surface area contributed by atoms with Crippen molar-refractivity contribution in [1.29, 1.82) is 0 Å². The van der Waals surface area contributed by atoms with Crippen molar-refractivity contribution in [3.8, 4) is 0 Å². The Labute approximate surface area is 169 Å². The topological polar surface area (TPSA) is 58.4 Å². The highest BCUT2D eigenvalue weighted by Crippen LogP contribution is 2.11. The largest absolute Gasteiger partial charge is 0.350 e. The molecule has 1 atom stereocenters. The molecule has 0 fully saturated rings. The van der Waals surface area contributed by atoms with Gasteiger partial charge in [0.05, 0.1) is 0 Å². The van der Waals surface area contributed by atoms with E-state index in [0.29, 0.717) is 6.54 Å². The van der Waals surface area contributed by atoms with Crippen LogP contribution in [0.2, 0.25) is 0 Å². The van der Waals surface area contributed by atoms with Crippen molar-refractivity contribution in [1.82, 2.24) is 10.2 Å². The van der Waals surface area contributed by atoms with Crippen LogP contribution in [0.3, 0.4) is 0 Å². The number of carbonyl (C=O) groups is 1. The first-order valence-corrected chi connectivity index (χ1v) is 8.52. The van der Waals surface area contributed by atoms with E-state index in [9.17, 15) is 4.79 Å². The maximum Gasteiger partial charge on any atom is 0.241 e. The van der Waals surface area contributed by atoms with E-state index in [1.54, 1.807) is 0 Å². The summed E-state index contributed by atoms with van der Waals surface area (Å²) < 4.78 is 0. The standard InChI is InChI=1S/C20H27N3O.2ClH/c1-3-23(4-2)15-17-12-10-16(11-13-17)14-22-20(24)19(21)18-8-6-5-7-9-18;;/h5-13,19H,3-4,14-15,21H2,1-2H3,(H,22,24);2*1H. The molecule has 26 heavy (non-hydrogen) atoms. The minimum absolute atomic E-state index is 0. The van der Waals surface area contributed by atoms with Crippen molar-refractivity contribution < 1.29 is 4.79 Å². The predicted octanol–water partition coefficient (Wildman–Crippen LogP) is 3.69. The summed E-state index contributed by atoms with van der Waals surface area (Å²) in [6.45, 7) is 7.88. The molecule has 2 aromatic rings. The first-order chi connectivity index (χ1) is 11.6. The second kappa shape index (κ2) is 12.7. The Morgan fingerprint density at radius 3 is 2.04 bits per heavy atom. The van der Waals surface area contributed by atoms with Gasteiger partial charge in [0.15, 0.2) is 0 Å². The molecule has 0 aliphatic heterocycles. The van der Waals surface area contributed by atoms with Crippen molar-refractivity contribution in [3.05, 3.63) is 71.3 Å². The zero-order chi connectivity index (χ0) is 17.4. The molecule has 2 rings (SSSR count). The van der Waals surface area contributed by atoms with Gasteiger partial charge < -0.3 is 11.1 Å². The quantitative estimate of drug-likeness (QED) is 0.713. The lowest BCUT2D eigenvalue weighted by molar-refractivity contribution is -0.122. The molecule has 1 unspecified atom stereocenters. The van der Waals surface area contributed by atoms with Crippen LogP contribution in [0.4, 0.5) is 0 Å². The lowest BCUT2D eigenvalue weighted by Crippen LogP contribution is -2.33. The van der Waals surface area contributed by atoms with Crippen molar-refractivity contribution in [2.75, 3.05) is 13.1 Å². The van der Waals surface area contributed by atoms with Gasteiger partial charge in [-0.05, 0) is 29.8 Å². The Morgan fingerprint density at radius 2 is 1.50 bits per heavy atom. The average molecular weight is 398 g/mol. The van der Waals surface area contributed by atoms with Gasteiger partial charge in [-0.15, -0.1) is 24.8 Å². The van der Waals surface area contributed by atoms with E-state index < -0.39 is 6.04 Å². The summed E-state index contributed by atoms with van der Waals surface area (Å²) in [6.07, 6.45) is 0. The number of nitrogens with one attached hydrogen (secondary N) is 1. The summed E-state index contributed by atoms with van der Waals surface area (Å²) >= 11 is 0. The summed E-state index contributed by atoms with van der Waals surface area (Å²) in [4.78, 5) is 14.5. The van der Waals surface area contributed by atoms with Crippen molar-refractivity contribution >= 4 is 30.7 Å². The fourth-order valence-electron chi connectivity index (χ4n) is 2.58. The first kappa shape index (κ1) is 24.4. The predicted molar refractivity (Wildman–Crippen MR) is 113 cm³/mol. The number of hydrogen-bond acceptors (Lipinski definition) is 3. The van der Waals surface area contributed by atoms with Gasteiger partial charge in [-0.1, -0.05) is 68.4 Å². The number of carbonyl (C=O) groups excluding carboxylic acids is 1. The second-order valence-electron chi connectivity index (χ2n) is 5.88. The molecule has 0 heterocycles. The summed E-state index contributed by atoms with van der Waals surface area (Å²) in [5.74, 6) is -0.159. The Balaban J connectivity index is 0.00000312. The number of amides is 1. The van der Waals surface area contributed by atoms with Crippen LogP contribution in [-0.2, 0) is 17.9 Å². The third-order valence-electron chi connectivity index (χ3n) is 4.23. The highest BCUT2D eigenvalue weighted by Gasteiger charge is 2.14. The molecule has 0 saturated heterocycles. The number of nitrogens with zero attached hydrogens (tertiary/aromatic N) is 1.